The summed E-state index contributed by atoms with van der Waals surface area (Å²) in [5, 5.41) is 17.1. The minimum atomic E-state index is -0.941. The Kier molecular flexibility index (Phi) is 9.30. The molecule has 0 aliphatic carbocycles. The normalized spacial score (nSPS) is 15.6. The fourth-order valence-corrected chi connectivity index (χ4v) is 3.58. The number of carbonyl (C=O) groups excluding carboxylic acids is 2. The molecule has 1 aromatic rings. The number of allylic oxidation sites excluding steroid dienone is 1. The molecule has 0 fully saturated rings. The highest BCUT2D eigenvalue weighted by Gasteiger charge is 2.35. The first-order chi connectivity index (χ1) is 15.4. The standard InChI is InChI=1S/C22H31N3O7/c1-5-7-8-9-11-32-20-16(25(28)29)12-14(13-17(20)30-3)19-18(21(26)31-4)15(10-6-2)23-22(27)24-19/h12-13,19H,5-11H2,1-4H3,(H2,23,24,27). The number of benzene rings is 1. The SMILES string of the molecule is CCCCCCOc1c(OC)cc(C2NC(=O)NC(CCC)=C2C(=O)OC)cc1[N+](=O)[O-]. The second kappa shape index (κ2) is 11.9. The van der Waals surface area contributed by atoms with Crippen LogP contribution >= 0.6 is 0 Å². The highest BCUT2D eigenvalue weighted by Crippen LogP contribution is 2.42. The maximum Gasteiger partial charge on any atom is 0.337 e. The Bertz CT molecular complexity index is 883. The van der Waals surface area contributed by atoms with Gasteiger partial charge in [0, 0.05) is 11.8 Å². The molecule has 10 heteroatoms. The van der Waals surface area contributed by atoms with E-state index in [1.165, 1.54) is 26.4 Å². The van der Waals surface area contributed by atoms with Crippen LogP contribution in [0.25, 0.3) is 0 Å². The van der Waals surface area contributed by atoms with Crippen molar-refractivity contribution in [2.45, 2.75) is 58.4 Å². The van der Waals surface area contributed by atoms with E-state index in [1.54, 1.807) is 0 Å². The third-order valence-corrected chi connectivity index (χ3v) is 5.11. The number of nitrogens with zero attached hydrogens (tertiary/aromatic N) is 1. The van der Waals surface area contributed by atoms with Gasteiger partial charge in [-0.05, 0) is 24.5 Å². The maximum atomic E-state index is 12.5. The van der Waals surface area contributed by atoms with Crippen LogP contribution in [0.1, 0.15) is 64.0 Å². The zero-order valence-corrected chi connectivity index (χ0v) is 19.0. The molecule has 0 saturated heterocycles. The van der Waals surface area contributed by atoms with E-state index in [-0.39, 0.29) is 22.8 Å². The molecule has 2 amide bonds. The van der Waals surface area contributed by atoms with Crippen LogP contribution in [0.3, 0.4) is 0 Å². The molecule has 1 aliphatic heterocycles. The van der Waals surface area contributed by atoms with Crippen molar-refractivity contribution >= 4 is 17.7 Å². The molecule has 32 heavy (non-hydrogen) atoms. The van der Waals surface area contributed by atoms with Crippen molar-refractivity contribution in [1.82, 2.24) is 10.6 Å². The third-order valence-electron chi connectivity index (χ3n) is 5.11. The Morgan fingerprint density at radius 1 is 1.16 bits per heavy atom. The van der Waals surface area contributed by atoms with Crippen LogP contribution in [0, 0.1) is 10.1 Å². The van der Waals surface area contributed by atoms with Gasteiger partial charge < -0.3 is 24.8 Å². The van der Waals surface area contributed by atoms with Gasteiger partial charge in [-0.15, -0.1) is 0 Å². The molecular formula is C22H31N3O7. The topological polar surface area (TPSA) is 129 Å². The Morgan fingerprint density at radius 3 is 2.50 bits per heavy atom. The van der Waals surface area contributed by atoms with Gasteiger partial charge in [-0.3, -0.25) is 10.1 Å². The Hall–Kier alpha value is -3.30. The summed E-state index contributed by atoms with van der Waals surface area (Å²) in [5.41, 5.74) is 0.629. The predicted molar refractivity (Wildman–Crippen MR) is 118 cm³/mol. The van der Waals surface area contributed by atoms with Gasteiger partial charge in [0.25, 0.3) is 0 Å². The number of esters is 1. The Labute approximate surface area is 187 Å². The van der Waals surface area contributed by atoms with Crippen molar-refractivity contribution in [2.75, 3.05) is 20.8 Å². The number of urea groups is 1. The lowest BCUT2D eigenvalue weighted by atomic mass is 9.93. The lowest BCUT2D eigenvalue weighted by Gasteiger charge is -2.29. The number of methoxy groups -OCH3 is 2. The van der Waals surface area contributed by atoms with E-state index in [1.807, 2.05) is 6.92 Å². The number of nitrogens with one attached hydrogen (secondary N) is 2. The van der Waals surface area contributed by atoms with Gasteiger partial charge in [-0.2, -0.15) is 0 Å². The summed E-state index contributed by atoms with van der Waals surface area (Å²) in [5.74, 6) is -0.460. The van der Waals surface area contributed by atoms with Gasteiger partial charge in [0.15, 0.2) is 5.75 Å². The molecule has 0 radical (unpaired) electrons. The number of rotatable bonds is 12. The number of hydrogen-bond donors (Lipinski definition) is 2. The number of carbonyl (C=O) groups is 2. The van der Waals surface area contributed by atoms with E-state index in [0.717, 1.165) is 25.7 Å². The molecule has 2 N–H and O–H groups in total. The fraction of sp³-hybridized carbons (Fsp3) is 0.545. The minimum Gasteiger partial charge on any atom is -0.493 e. The quantitative estimate of drug-likeness (QED) is 0.212. The van der Waals surface area contributed by atoms with Crippen molar-refractivity contribution in [3.05, 3.63) is 39.1 Å². The van der Waals surface area contributed by atoms with Crippen LogP contribution < -0.4 is 20.1 Å². The number of nitro benzene ring substituents is 1. The van der Waals surface area contributed by atoms with Crippen molar-refractivity contribution in [3.63, 3.8) is 0 Å². The van der Waals surface area contributed by atoms with Crippen LogP contribution in [0.15, 0.2) is 23.4 Å². The highest BCUT2D eigenvalue weighted by atomic mass is 16.6. The minimum absolute atomic E-state index is 0.0235. The summed E-state index contributed by atoms with van der Waals surface area (Å²) in [7, 11) is 2.62. The van der Waals surface area contributed by atoms with Crippen molar-refractivity contribution in [3.8, 4) is 11.5 Å². The molecule has 1 heterocycles. The van der Waals surface area contributed by atoms with Gasteiger partial charge in [0.2, 0.25) is 5.75 Å². The molecule has 1 unspecified atom stereocenters. The fourth-order valence-electron chi connectivity index (χ4n) is 3.58. The lowest BCUT2D eigenvalue weighted by Crippen LogP contribution is -2.45. The number of unbranched alkanes of at least 4 members (excludes halogenated alkanes) is 3. The van der Waals surface area contributed by atoms with E-state index in [0.29, 0.717) is 30.7 Å². The molecule has 0 saturated carbocycles. The van der Waals surface area contributed by atoms with E-state index in [9.17, 15) is 19.7 Å². The van der Waals surface area contributed by atoms with Gasteiger partial charge in [-0.25, -0.2) is 9.59 Å². The second-order valence-electron chi connectivity index (χ2n) is 7.40. The predicted octanol–water partition coefficient (Wildman–Crippen LogP) is 4.14. The lowest BCUT2D eigenvalue weighted by molar-refractivity contribution is -0.386. The van der Waals surface area contributed by atoms with Crippen LogP contribution in [0.2, 0.25) is 0 Å². The third kappa shape index (κ3) is 5.89. The summed E-state index contributed by atoms with van der Waals surface area (Å²) >= 11 is 0. The average Bonchev–Trinajstić information content (AvgIpc) is 2.77. The van der Waals surface area contributed by atoms with Gasteiger partial charge in [0.1, 0.15) is 0 Å². The highest BCUT2D eigenvalue weighted by molar-refractivity contribution is 5.95. The first-order valence-electron chi connectivity index (χ1n) is 10.8. The summed E-state index contributed by atoms with van der Waals surface area (Å²) < 4.78 is 16.0. The largest absolute Gasteiger partial charge is 0.493 e. The van der Waals surface area contributed by atoms with E-state index in [2.05, 4.69) is 17.6 Å². The van der Waals surface area contributed by atoms with Gasteiger partial charge in [0.05, 0.1) is 37.4 Å². The summed E-state index contributed by atoms with van der Waals surface area (Å²) in [6.07, 6.45) is 4.95. The Morgan fingerprint density at radius 2 is 1.91 bits per heavy atom. The number of hydrogen-bond acceptors (Lipinski definition) is 7. The van der Waals surface area contributed by atoms with Crippen molar-refractivity contribution < 1.29 is 28.7 Å². The van der Waals surface area contributed by atoms with Crippen LogP contribution in [0.5, 0.6) is 11.5 Å². The van der Waals surface area contributed by atoms with Crippen LogP contribution in [-0.4, -0.2) is 37.8 Å². The smallest absolute Gasteiger partial charge is 0.337 e. The Balaban J connectivity index is 2.52. The van der Waals surface area contributed by atoms with Crippen LogP contribution in [-0.2, 0) is 9.53 Å². The first-order valence-corrected chi connectivity index (χ1v) is 10.8. The second-order valence-corrected chi connectivity index (χ2v) is 7.40. The molecule has 1 aromatic carbocycles. The molecule has 0 aromatic heterocycles. The average molecular weight is 450 g/mol. The maximum absolute atomic E-state index is 12.5. The zero-order valence-electron chi connectivity index (χ0n) is 19.0. The van der Waals surface area contributed by atoms with E-state index >= 15 is 0 Å². The monoisotopic (exact) mass is 449 g/mol. The van der Waals surface area contributed by atoms with Gasteiger partial charge in [-0.1, -0.05) is 39.5 Å². The molecule has 176 valence electrons. The van der Waals surface area contributed by atoms with E-state index in [4.69, 9.17) is 14.2 Å². The zero-order chi connectivity index (χ0) is 23.7. The molecule has 1 aliphatic rings. The molecule has 2 rings (SSSR count). The molecular weight excluding hydrogens is 418 g/mol. The molecule has 1 atom stereocenters. The number of amides is 2. The van der Waals surface area contributed by atoms with Crippen molar-refractivity contribution in [1.29, 1.82) is 0 Å². The van der Waals surface area contributed by atoms with Crippen LogP contribution in [0.4, 0.5) is 10.5 Å². The van der Waals surface area contributed by atoms with Crippen molar-refractivity contribution in [2.24, 2.45) is 0 Å². The number of nitro groups is 1. The number of ether oxygens (including phenoxy) is 3. The van der Waals surface area contributed by atoms with E-state index < -0.39 is 23.0 Å². The molecule has 0 bridgehead atoms. The molecule has 10 nitrogen and oxygen atoms in total. The first kappa shape index (κ1) is 25.0. The molecule has 0 spiro atoms. The summed E-state index contributed by atoms with van der Waals surface area (Å²) in [6, 6.07) is 1.39. The van der Waals surface area contributed by atoms with Gasteiger partial charge >= 0.3 is 17.7 Å². The summed E-state index contributed by atoms with van der Waals surface area (Å²) in [4.78, 5) is 36.1. The summed E-state index contributed by atoms with van der Waals surface area (Å²) in [6.45, 7) is 4.32.